The van der Waals surface area contributed by atoms with E-state index >= 15 is 0 Å². The van der Waals surface area contributed by atoms with E-state index in [1.54, 1.807) is 0 Å². The van der Waals surface area contributed by atoms with E-state index in [0.29, 0.717) is 0 Å². The monoisotopic (exact) mass is 98.1 g/mol. The molecule has 1 fully saturated rings. The molecule has 0 radical (unpaired) electrons. The Morgan fingerprint density at radius 3 is 2.14 bits per heavy atom. The standard InChI is InChI=1S/C6H12N/c1-6-2-4-7-5-3-6/h6H,2-5H2,1H3/q-1. The third-order valence-electron chi connectivity index (χ3n) is 1.56. The molecule has 0 amide bonds. The highest BCUT2D eigenvalue weighted by Crippen LogP contribution is 2.15. The Morgan fingerprint density at radius 2 is 1.86 bits per heavy atom. The topological polar surface area (TPSA) is 14.1 Å². The Labute approximate surface area is 45.1 Å². The zero-order valence-electron chi connectivity index (χ0n) is 4.85. The lowest BCUT2D eigenvalue weighted by atomic mass is 10.0. The average molecular weight is 98.2 g/mol. The number of hydrogen-bond donors (Lipinski definition) is 0. The summed E-state index contributed by atoms with van der Waals surface area (Å²) in [6.07, 6.45) is 2.64. The van der Waals surface area contributed by atoms with Crippen LogP contribution >= 0.6 is 0 Å². The summed E-state index contributed by atoms with van der Waals surface area (Å²) < 4.78 is 0. The van der Waals surface area contributed by atoms with Gasteiger partial charge in [-0.2, -0.15) is 0 Å². The van der Waals surface area contributed by atoms with Gasteiger partial charge in [-0.3, -0.25) is 0 Å². The smallest absolute Gasteiger partial charge is 0.0476 e. The van der Waals surface area contributed by atoms with Gasteiger partial charge in [0.05, 0.1) is 0 Å². The van der Waals surface area contributed by atoms with Crippen molar-refractivity contribution in [3.05, 3.63) is 5.32 Å². The molecule has 0 aromatic rings. The van der Waals surface area contributed by atoms with Crippen LogP contribution in [0.15, 0.2) is 0 Å². The zero-order valence-corrected chi connectivity index (χ0v) is 4.85. The van der Waals surface area contributed by atoms with Crippen molar-refractivity contribution in [3.8, 4) is 0 Å². The molecular formula is C6H12N-. The highest BCUT2D eigenvalue weighted by Gasteiger charge is 1.98. The van der Waals surface area contributed by atoms with Crippen molar-refractivity contribution in [1.29, 1.82) is 0 Å². The summed E-state index contributed by atoms with van der Waals surface area (Å²) in [5, 5.41) is 4.23. The molecule has 1 nitrogen and oxygen atoms in total. The lowest BCUT2D eigenvalue weighted by Crippen LogP contribution is -2.07. The number of piperidine rings is 1. The van der Waals surface area contributed by atoms with Crippen LogP contribution in [0, 0.1) is 5.92 Å². The first-order chi connectivity index (χ1) is 3.39. The van der Waals surface area contributed by atoms with Crippen LogP contribution in [0.3, 0.4) is 0 Å². The number of hydrogen-bond acceptors (Lipinski definition) is 0. The Balaban J connectivity index is 2.12. The average Bonchev–Trinajstić information content (AvgIpc) is 1.69. The fraction of sp³-hybridized carbons (Fsp3) is 1.00. The van der Waals surface area contributed by atoms with Crippen LogP contribution in [0.2, 0.25) is 0 Å². The third-order valence-corrected chi connectivity index (χ3v) is 1.56. The molecule has 0 saturated carbocycles. The Kier molecular flexibility index (Phi) is 1.69. The molecule has 42 valence electrons. The SMILES string of the molecule is CC1CC[N-]CC1. The number of rotatable bonds is 0. The van der Waals surface area contributed by atoms with Crippen molar-refractivity contribution >= 4 is 0 Å². The van der Waals surface area contributed by atoms with Crippen LogP contribution in [-0.2, 0) is 0 Å². The Morgan fingerprint density at radius 1 is 1.29 bits per heavy atom. The highest BCUT2D eigenvalue weighted by atomic mass is 14.9. The second kappa shape index (κ2) is 2.31. The van der Waals surface area contributed by atoms with Crippen LogP contribution in [0.5, 0.6) is 0 Å². The third kappa shape index (κ3) is 1.48. The lowest BCUT2D eigenvalue weighted by molar-refractivity contribution is 0.488. The quantitative estimate of drug-likeness (QED) is 0.438. The van der Waals surface area contributed by atoms with Crippen LogP contribution in [0.4, 0.5) is 0 Å². The summed E-state index contributed by atoms with van der Waals surface area (Å²) in [5.74, 6) is 0.942. The van der Waals surface area contributed by atoms with Crippen LogP contribution in [0.1, 0.15) is 19.8 Å². The minimum atomic E-state index is 0.942. The maximum atomic E-state index is 4.23. The summed E-state index contributed by atoms with van der Waals surface area (Å²) in [6.45, 7) is 4.52. The van der Waals surface area contributed by atoms with E-state index in [4.69, 9.17) is 0 Å². The van der Waals surface area contributed by atoms with Crippen LogP contribution in [-0.4, -0.2) is 13.1 Å². The van der Waals surface area contributed by atoms with Crippen molar-refractivity contribution in [1.82, 2.24) is 0 Å². The highest BCUT2D eigenvalue weighted by molar-refractivity contribution is 4.85. The van der Waals surface area contributed by atoms with E-state index in [2.05, 4.69) is 12.2 Å². The molecule has 1 heterocycles. The molecule has 1 heteroatoms. The van der Waals surface area contributed by atoms with Crippen LogP contribution in [0.25, 0.3) is 5.32 Å². The van der Waals surface area contributed by atoms with Crippen molar-refractivity contribution < 1.29 is 0 Å². The van der Waals surface area contributed by atoms with Crippen molar-refractivity contribution in [2.75, 3.05) is 13.1 Å². The molecule has 0 atom stereocenters. The zero-order chi connectivity index (χ0) is 5.11. The van der Waals surface area contributed by atoms with E-state index in [1.807, 2.05) is 0 Å². The second-order valence-electron chi connectivity index (χ2n) is 2.35. The summed E-state index contributed by atoms with van der Waals surface area (Å²) in [6, 6.07) is 0. The minimum Gasteiger partial charge on any atom is -0.662 e. The van der Waals surface area contributed by atoms with Gasteiger partial charge in [0.1, 0.15) is 0 Å². The van der Waals surface area contributed by atoms with Gasteiger partial charge >= 0.3 is 0 Å². The van der Waals surface area contributed by atoms with Gasteiger partial charge in [0, 0.05) is 0 Å². The van der Waals surface area contributed by atoms with E-state index in [1.165, 1.54) is 12.8 Å². The fourth-order valence-corrected chi connectivity index (χ4v) is 0.879. The summed E-state index contributed by atoms with van der Waals surface area (Å²) >= 11 is 0. The summed E-state index contributed by atoms with van der Waals surface area (Å²) in [5.41, 5.74) is 0. The van der Waals surface area contributed by atoms with Gasteiger partial charge in [-0.05, 0) is 5.92 Å². The molecule has 1 rings (SSSR count). The molecule has 0 N–H and O–H groups in total. The van der Waals surface area contributed by atoms with Crippen LogP contribution < -0.4 is 0 Å². The maximum Gasteiger partial charge on any atom is -0.0476 e. The lowest BCUT2D eigenvalue weighted by Gasteiger charge is -2.29. The molecule has 1 aliphatic heterocycles. The van der Waals surface area contributed by atoms with E-state index in [0.717, 1.165) is 19.0 Å². The predicted octanol–water partition coefficient (Wildman–Crippen LogP) is 1.79. The molecule has 0 bridgehead atoms. The van der Waals surface area contributed by atoms with Gasteiger partial charge in [0.2, 0.25) is 0 Å². The van der Waals surface area contributed by atoms with E-state index < -0.39 is 0 Å². The van der Waals surface area contributed by atoms with Gasteiger partial charge in [-0.25, -0.2) is 0 Å². The van der Waals surface area contributed by atoms with Gasteiger partial charge in [0.15, 0.2) is 0 Å². The Bertz CT molecular complexity index is 46.1. The first kappa shape index (κ1) is 5.10. The van der Waals surface area contributed by atoms with E-state index in [9.17, 15) is 0 Å². The fourth-order valence-electron chi connectivity index (χ4n) is 0.879. The van der Waals surface area contributed by atoms with E-state index in [-0.39, 0.29) is 0 Å². The molecule has 7 heavy (non-hydrogen) atoms. The van der Waals surface area contributed by atoms with Crippen molar-refractivity contribution in [3.63, 3.8) is 0 Å². The van der Waals surface area contributed by atoms with Crippen molar-refractivity contribution in [2.45, 2.75) is 19.8 Å². The molecule has 0 spiro atoms. The first-order valence-electron chi connectivity index (χ1n) is 3.03. The van der Waals surface area contributed by atoms with Gasteiger partial charge in [-0.15, -0.1) is 13.1 Å². The molecule has 1 saturated heterocycles. The van der Waals surface area contributed by atoms with Gasteiger partial charge in [-0.1, -0.05) is 19.8 Å². The summed E-state index contributed by atoms with van der Waals surface area (Å²) in [4.78, 5) is 0. The second-order valence-corrected chi connectivity index (χ2v) is 2.35. The predicted molar refractivity (Wildman–Crippen MR) is 31.5 cm³/mol. The maximum absolute atomic E-state index is 4.23. The van der Waals surface area contributed by atoms with Gasteiger partial charge in [0.25, 0.3) is 0 Å². The minimum absolute atomic E-state index is 0.942. The largest absolute Gasteiger partial charge is 0.662 e. The van der Waals surface area contributed by atoms with Crippen molar-refractivity contribution in [2.24, 2.45) is 5.92 Å². The Hall–Kier alpha value is -0.0400. The molecule has 1 aliphatic rings. The molecular weight excluding hydrogens is 86.1 g/mol. The molecule has 0 unspecified atom stereocenters. The molecule has 0 aliphatic carbocycles. The first-order valence-corrected chi connectivity index (χ1v) is 3.03. The van der Waals surface area contributed by atoms with Gasteiger partial charge < -0.3 is 5.32 Å². The summed E-state index contributed by atoms with van der Waals surface area (Å²) in [7, 11) is 0. The normalized spacial score (nSPS) is 25.3. The number of nitrogens with zero attached hydrogens (tertiary/aromatic N) is 1. The molecule has 0 aromatic heterocycles. The molecule has 0 aromatic carbocycles.